The van der Waals surface area contributed by atoms with Crippen LogP contribution in [0.5, 0.6) is 0 Å². The van der Waals surface area contributed by atoms with Crippen LogP contribution in [0.3, 0.4) is 0 Å². The molecule has 0 unspecified atom stereocenters. The predicted octanol–water partition coefficient (Wildman–Crippen LogP) is 2.15. The van der Waals surface area contributed by atoms with Crippen molar-refractivity contribution in [3.8, 4) is 0 Å². The van der Waals surface area contributed by atoms with Crippen LogP contribution in [0, 0.1) is 5.82 Å². The second-order valence-electron chi connectivity index (χ2n) is 5.75. The van der Waals surface area contributed by atoms with Gasteiger partial charge in [-0.2, -0.15) is 0 Å². The number of nitrogens with two attached hydrogens (primary N) is 1. The molecule has 26 heavy (non-hydrogen) atoms. The number of carbonyl (C=O) groups excluding carboxylic acids is 2. The van der Waals surface area contributed by atoms with E-state index in [0.717, 1.165) is 5.01 Å². The third-order valence-corrected chi connectivity index (χ3v) is 4.99. The number of nitrogens with zero attached hydrogens (tertiary/aromatic N) is 3. The van der Waals surface area contributed by atoms with Crippen molar-refractivity contribution >= 4 is 35.6 Å². The fourth-order valence-electron chi connectivity index (χ4n) is 2.79. The summed E-state index contributed by atoms with van der Waals surface area (Å²) in [7, 11) is 0. The molecule has 6 nitrogen and oxygen atoms in total. The highest BCUT2D eigenvalue weighted by Crippen LogP contribution is 2.15. The number of halogens is 2. The second-order valence-corrected chi connectivity index (χ2v) is 6.69. The number of hydrogen-bond donors (Lipinski definition) is 1. The highest BCUT2D eigenvalue weighted by molar-refractivity contribution is 7.09. The molecule has 0 spiro atoms. The Labute approximate surface area is 161 Å². The lowest BCUT2D eigenvalue weighted by Gasteiger charge is -2.22. The van der Waals surface area contributed by atoms with Gasteiger partial charge in [0.15, 0.2) is 0 Å². The Morgan fingerprint density at radius 3 is 2.38 bits per heavy atom. The fraction of sp³-hybridized carbons (Fsp3) is 0.353. The van der Waals surface area contributed by atoms with Gasteiger partial charge in [0, 0.05) is 38.1 Å². The van der Waals surface area contributed by atoms with E-state index in [9.17, 15) is 14.0 Å². The summed E-state index contributed by atoms with van der Waals surface area (Å²) in [6, 6.07) is 5.95. The van der Waals surface area contributed by atoms with Crippen molar-refractivity contribution < 1.29 is 14.0 Å². The van der Waals surface area contributed by atoms with E-state index in [1.54, 1.807) is 27.3 Å². The summed E-state index contributed by atoms with van der Waals surface area (Å²) in [6.45, 7) is 2.10. The van der Waals surface area contributed by atoms with Gasteiger partial charge in [0.25, 0.3) is 11.8 Å². The molecule has 0 radical (unpaired) electrons. The number of aromatic nitrogens is 1. The van der Waals surface area contributed by atoms with E-state index < -0.39 is 5.82 Å². The molecule has 0 saturated carbocycles. The standard InChI is InChI=1S/C17H19FN4O2S.ClH/c18-13-5-2-1-4-12(13)16(23)21-6-3-7-22(9-8-21)17(24)14-11-25-15(10-19)20-14;/h1-2,4-5,11H,3,6-10,19H2;1H. The van der Waals surface area contributed by atoms with Gasteiger partial charge in [-0.15, -0.1) is 23.7 Å². The molecule has 0 aliphatic carbocycles. The van der Waals surface area contributed by atoms with Gasteiger partial charge in [0.2, 0.25) is 0 Å². The Hall–Kier alpha value is -2.03. The summed E-state index contributed by atoms with van der Waals surface area (Å²) in [5, 5.41) is 2.42. The van der Waals surface area contributed by atoms with Gasteiger partial charge in [-0.3, -0.25) is 9.59 Å². The zero-order valence-electron chi connectivity index (χ0n) is 14.1. The number of amides is 2. The average molecular weight is 399 g/mol. The Morgan fingerprint density at radius 1 is 1.12 bits per heavy atom. The lowest BCUT2D eigenvalue weighted by molar-refractivity contribution is 0.0713. The molecule has 1 aliphatic heterocycles. The van der Waals surface area contributed by atoms with Crippen LogP contribution in [0.1, 0.15) is 32.3 Å². The van der Waals surface area contributed by atoms with Gasteiger partial charge in [0.1, 0.15) is 16.5 Å². The molecule has 2 aromatic rings. The zero-order valence-corrected chi connectivity index (χ0v) is 15.7. The van der Waals surface area contributed by atoms with E-state index in [0.29, 0.717) is 44.8 Å². The Kier molecular flexibility index (Phi) is 7.07. The first-order chi connectivity index (χ1) is 12.1. The van der Waals surface area contributed by atoms with E-state index in [-0.39, 0.29) is 29.8 Å². The minimum absolute atomic E-state index is 0. The van der Waals surface area contributed by atoms with Crippen LogP contribution in [-0.2, 0) is 6.54 Å². The van der Waals surface area contributed by atoms with Crippen LogP contribution in [0.2, 0.25) is 0 Å². The second kappa shape index (κ2) is 9.07. The van der Waals surface area contributed by atoms with E-state index >= 15 is 0 Å². The van der Waals surface area contributed by atoms with Gasteiger partial charge in [0.05, 0.1) is 5.56 Å². The molecule has 2 heterocycles. The van der Waals surface area contributed by atoms with Gasteiger partial charge >= 0.3 is 0 Å². The Bertz CT molecular complexity index is 786. The third kappa shape index (κ3) is 4.38. The van der Waals surface area contributed by atoms with Crippen LogP contribution in [0.25, 0.3) is 0 Å². The van der Waals surface area contributed by atoms with E-state index in [2.05, 4.69) is 4.98 Å². The topological polar surface area (TPSA) is 79.5 Å². The summed E-state index contributed by atoms with van der Waals surface area (Å²) < 4.78 is 13.8. The van der Waals surface area contributed by atoms with Crippen LogP contribution in [0.4, 0.5) is 4.39 Å². The molecule has 2 N–H and O–H groups in total. The molecule has 9 heteroatoms. The maximum atomic E-state index is 13.8. The first-order valence-corrected chi connectivity index (χ1v) is 8.95. The molecular weight excluding hydrogens is 379 g/mol. The molecule has 1 fully saturated rings. The van der Waals surface area contributed by atoms with Crippen molar-refractivity contribution in [1.29, 1.82) is 0 Å². The van der Waals surface area contributed by atoms with Crippen molar-refractivity contribution in [2.75, 3.05) is 26.2 Å². The SMILES string of the molecule is Cl.NCc1nc(C(=O)N2CCCN(C(=O)c3ccccc3F)CC2)cs1. The Morgan fingerprint density at radius 2 is 1.77 bits per heavy atom. The number of rotatable bonds is 3. The van der Waals surface area contributed by atoms with Crippen LogP contribution < -0.4 is 5.73 Å². The molecule has 140 valence electrons. The smallest absolute Gasteiger partial charge is 0.273 e. The monoisotopic (exact) mass is 398 g/mol. The zero-order chi connectivity index (χ0) is 17.8. The maximum absolute atomic E-state index is 13.8. The number of hydrogen-bond acceptors (Lipinski definition) is 5. The lowest BCUT2D eigenvalue weighted by Crippen LogP contribution is -2.37. The summed E-state index contributed by atoms with van der Waals surface area (Å²) in [6.07, 6.45) is 0.639. The van der Waals surface area contributed by atoms with Gasteiger partial charge in [-0.05, 0) is 18.6 Å². The first-order valence-electron chi connectivity index (χ1n) is 8.07. The van der Waals surface area contributed by atoms with Gasteiger partial charge in [-0.25, -0.2) is 9.37 Å². The quantitative estimate of drug-likeness (QED) is 0.859. The van der Waals surface area contributed by atoms with Crippen LogP contribution >= 0.6 is 23.7 Å². The molecule has 2 amide bonds. The van der Waals surface area contributed by atoms with Crippen molar-refractivity contribution in [3.63, 3.8) is 0 Å². The lowest BCUT2D eigenvalue weighted by atomic mass is 10.2. The fourth-order valence-corrected chi connectivity index (χ4v) is 3.44. The van der Waals surface area contributed by atoms with Crippen molar-refractivity contribution in [3.05, 3.63) is 51.7 Å². The van der Waals surface area contributed by atoms with Gasteiger partial charge in [-0.1, -0.05) is 12.1 Å². The van der Waals surface area contributed by atoms with Crippen molar-refractivity contribution in [2.24, 2.45) is 5.73 Å². The molecular formula is C17H20ClFN4O2S. The molecule has 1 aromatic heterocycles. The molecule has 0 atom stereocenters. The summed E-state index contributed by atoms with van der Waals surface area (Å²) in [5.74, 6) is -1.02. The third-order valence-electron chi connectivity index (χ3n) is 4.12. The number of thiazole rings is 1. The number of carbonyl (C=O) groups is 2. The normalized spacial score (nSPS) is 14.5. The summed E-state index contributed by atoms with van der Waals surface area (Å²) in [5.41, 5.74) is 5.99. The predicted molar refractivity (Wildman–Crippen MR) is 100 cm³/mol. The largest absolute Gasteiger partial charge is 0.337 e. The minimum atomic E-state index is -0.526. The van der Waals surface area contributed by atoms with E-state index in [1.807, 2.05) is 0 Å². The van der Waals surface area contributed by atoms with E-state index in [4.69, 9.17) is 5.73 Å². The average Bonchev–Trinajstić information content (AvgIpc) is 2.98. The molecule has 1 aliphatic rings. The highest BCUT2D eigenvalue weighted by atomic mass is 35.5. The van der Waals surface area contributed by atoms with E-state index in [1.165, 1.54) is 23.5 Å². The highest BCUT2D eigenvalue weighted by Gasteiger charge is 2.25. The summed E-state index contributed by atoms with van der Waals surface area (Å²) >= 11 is 1.36. The number of benzene rings is 1. The maximum Gasteiger partial charge on any atom is 0.273 e. The minimum Gasteiger partial charge on any atom is -0.337 e. The van der Waals surface area contributed by atoms with Crippen molar-refractivity contribution in [1.82, 2.24) is 14.8 Å². The Balaban J connectivity index is 0.00000243. The van der Waals surface area contributed by atoms with Crippen LogP contribution in [0.15, 0.2) is 29.6 Å². The molecule has 0 bridgehead atoms. The molecule has 3 rings (SSSR count). The summed E-state index contributed by atoms with van der Waals surface area (Å²) in [4.78, 5) is 32.6. The van der Waals surface area contributed by atoms with Crippen LogP contribution in [-0.4, -0.2) is 52.8 Å². The first kappa shape index (κ1) is 20.3. The van der Waals surface area contributed by atoms with Gasteiger partial charge < -0.3 is 15.5 Å². The molecule has 1 saturated heterocycles. The van der Waals surface area contributed by atoms with Crippen molar-refractivity contribution in [2.45, 2.75) is 13.0 Å². The molecule has 1 aromatic carbocycles.